The van der Waals surface area contributed by atoms with Crippen LogP contribution in [0.2, 0.25) is 5.02 Å². The van der Waals surface area contributed by atoms with Crippen LogP contribution in [0.4, 0.5) is 5.95 Å². The molecule has 0 amide bonds. The Labute approximate surface area is 212 Å². The third kappa shape index (κ3) is 4.59. The van der Waals surface area contributed by atoms with E-state index in [1.165, 1.54) is 19.9 Å². The van der Waals surface area contributed by atoms with Gasteiger partial charge in [0.1, 0.15) is 11.4 Å². The average Bonchev–Trinajstić information content (AvgIpc) is 3.44. The van der Waals surface area contributed by atoms with E-state index in [2.05, 4.69) is 10.3 Å². The van der Waals surface area contributed by atoms with Crippen LogP contribution in [0.3, 0.4) is 0 Å². The van der Waals surface area contributed by atoms with Gasteiger partial charge in [-0.2, -0.15) is 17.0 Å². The first-order chi connectivity index (χ1) is 16.9. The molecule has 3 aromatic heterocycles. The van der Waals surface area contributed by atoms with Crippen LogP contribution in [0, 0.1) is 0 Å². The zero-order chi connectivity index (χ0) is 24.6. The van der Waals surface area contributed by atoms with Crippen molar-refractivity contribution in [2.24, 2.45) is 0 Å². The quantitative estimate of drug-likeness (QED) is 0.388. The standard InChI is InChI=1S/C22H24ClN7O3S2/c1-28-9-3-10-29(35(28,31)32)11-8-25-21-24-7-6-17(26-21)20-19(27-22-30(20)12-13-34-22)15-4-5-16(23)18(14-15)33-2/h4-7,12-14H,3,8-11H2,1-2H3,(H,24,25,26). The van der Waals surface area contributed by atoms with E-state index >= 15 is 0 Å². The van der Waals surface area contributed by atoms with E-state index in [9.17, 15) is 8.42 Å². The summed E-state index contributed by atoms with van der Waals surface area (Å²) in [5, 5.41) is 5.65. The van der Waals surface area contributed by atoms with Crippen molar-refractivity contribution < 1.29 is 13.2 Å². The lowest BCUT2D eigenvalue weighted by molar-refractivity contribution is 0.313. The lowest BCUT2D eigenvalue weighted by atomic mass is 10.1. The van der Waals surface area contributed by atoms with Crippen LogP contribution in [0.15, 0.2) is 42.0 Å². The van der Waals surface area contributed by atoms with Gasteiger partial charge in [-0.25, -0.2) is 15.0 Å². The number of anilines is 1. The summed E-state index contributed by atoms with van der Waals surface area (Å²) in [6.45, 7) is 1.77. The molecule has 1 aliphatic heterocycles. The maximum Gasteiger partial charge on any atom is 0.281 e. The summed E-state index contributed by atoms with van der Waals surface area (Å²) >= 11 is 7.76. The molecule has 0 saturated carbocycles. The topological polar surface area (TPSA) is 105 Å². The van der Waals surface area contributed by atoms with Crippen LogP contribution in [0.25, 0.3) is 27.6 Å². The molecular formula is C22H24ClN7O3S2. The van der Waals surface area contributed by atoms with Crippen LogP contribution < -0.4 is 10.1 Å². The Kier molecular flexibility index (Phi) is 6.64. The van der Waals surface area contributed by atoms with Gasteiger partial charge in [0.25, 0.3) is 10.2 Å². The molecule has 0 aliphatic carbocycles. The zero-order valence-electron chi connectivity index (χ0n) is 19.2. The molecule has 35 heavy (non-hydrogen) atoms. The maximum atomic E-state index is 12.5. The van der Waals surface area contributed by atoms with Crippen molar-refractivity contribution in [2.45, 2.75) is 6.42 Å². The molecule has 0 unspecified atom stereocenters. The molecule has 1 fully saturated rings. The van der Waals surface area contributed by atoms with Crippen molar-refractivity contribution in [1.29, 1.82) is 0 Å². The summed E-state index contributed by atoms with van der Waals surface area (Å²) in [6, 6.07) is 7.37. The first-order valence-corrected chi connectivity index (χ1v) is 13.6. The second-order valence-electron chi connectivity index (χ2n) is 7.99. The molecule has 1 aromatic carbocycles. The van der Waals surface area contributed by atoms with Crippen LogP contribution in [-0.4, -0.2) is 76.7 Å². The number of hydrogen-bond acceptors (Lipinski definition) is 8. The van der Waals surface area contributed by atoms with Crippen LogP contribution >= 0.6 is 22.9 Å². The van der Waals surface area contributed by atoms with Crippen molar-refractivity contribution in [3.05, 3.63) is 47.1 Å². The molecule has 184 valence electrons. The number of methoxy groups -OCH3 is 1. The van der Waals surface area contributed by atoms with Crippen LogP contribution in [0.5, 0.6) is 5.75 Å². The summed E-state index contributed by atoms with van der Waals surface area (Å²) in [4.78, 5) is 14.7. The van der Waals surface area contributed by atoms with Gasteiger partial charge in [0.2, 0.25) is 5.95 Å². The van der Waals surface area contributed by atoms with E-state index in [0.29, 0.717) is 48.6 Å². The number of ether oxygens (including phenoxy) is 1. The molecule has 0 atom stereocenters. The fourth-order valence-electron chi connectivity index (χ4n) is 4.03. The van der Waals surface area contributed by atoms with Gasteiger partial charge in [-0.15, -0.1) is 11.3 Å². The van der Waals surface area contributed by atoms with Gasteiger partial charge < -0.3 is 10.1 Å². The Hall–Kier alpha value is -2.77. The van der Waals surface area contributed by atoms with Gasteiger partial charge in [0, 0.05) is 56.6 Å². The Morgan fingerprint density at radius 3 is 2.91 bits per heavy atom. The van der Waals surface area contributed by atoms with Crippen LogP contribution in [-0.2, 0) is 10.2 Å². The van der Waals surface area contributed by atoms with Gasteiger partial charge in [0.15, 0.2) is 4.96 Å². The predicted octanol–water partition coefficient (Wildman–Crippen LogP) is 3.48. The van der Waals surface area contributed by atoms with Gasteiger partial charge >= 0.3 is 0 Å². The molecule has 5 rings (SSSR count). The zero-order valence-corrected chi connectivity index (χ0v) is 21.6. The third-order valence-electron chi connectivity index (χ3n) is 5.83. The van der Waals surface area contributed by atoms with Gasteiger partial charge in [-0.3, -0.25) is 4.40 Å². The Balaban J connectivity index is 1.42. The first kappa shape index (κ1) is 23.9. The molecule has 13 heteroatoms. The molecular weight excluding hydrogens is 510 g/mol. The van der Waals surface area contributed by atoms with E-state index in [1.54, 1.807) is 26.4 Å². The normalized spacial score (nSPS) is 16.5. The monoisotopic (exact) mass is 533 g/mol. The van der Waals surface area contributed by atoms with Crippen molar-refractivity contribution in [2.75, 3.05) is 45.7 Å². The summed E-state index contributed by atoms with van der Waals surface area (Å²) in [5.74, 6) is 0.977. The largest absolute Gasteiger partial charge is 0.495 e. The second kappa shape index (κ2) is 9.70. The van der Waals surface area contributed by atoms with E-state index < -0.39 is 10.2 Å². The lowest BCUT2D eigenvalue weighted by Crippen LogP contribution is -2.49. The minimum Gasteiger partial charge on any atom is -0.495 e. The molecule has 4 aromatic rings. The summed E-state index contributed by atoms with van der Waals surface area (Å²) in [6.07, 6.45) is 4.43. The number of fused-ring (bicyclic) bond motifs is 1. The molecule has 1 saturated heterocycles. The Morgan fingerprint density at radius 1 is 1.23 bits per heavy atom. The van der Waals surface area contributed by atoms with E-state index in [0.717, 1.165) is 28.3 Å². The number of nitrogens with one attached hydrogen (secondary N) is 1. The SMILES string of the molecule is COc1cc(-c2nc3sccn3c2-c2ccnc(NCCN3CCCN(C)S3(=O)=O)n2)ccc1Cl. The highest BCUT2D eigenvalue weighted by Crippen LogP contribution is 2.36. The first-order valence-electron chi connectivity index (χ1n) is 11.0. The number of imidazole rings is 1. The smallest absolute Gasteiger partial charge is 0.281 e. The summed E-state index contributed by atoms with van der Waals surface area (Å²) in [5.41, 5.74) is 3.10. The van der Waals surface area contributed by atoms with Gasteiger partial charge in [-0.1, -0.05) is 17.7 Å². The highest BCUT2D eigenvalue weighted by Gasteiger charge is 2.30. The highest BCUT2D eigenvalue weighted by atomic mass is 35.5. The molecule has 0 spiro atoms. The van der Waals surface area contributed by atoms with Gasteiger partial charge in [-0.05, 0) is 24.6 Å². The van der Waals surface area contributed by atoms with Crippen molar-refractivity contribution in [3.63, 3.8) is 0 Å². The van der Waals surface area contributed by atoms with Crippen molar-refractivity contribution in [1.82, 2.24) is 28.0 Å². The maximum absolute atomic E-state index is 12.5. The average molecular weight is 534 g/mol. The second-order valence-corrected chi connectivity index (χ2v) is 11.3. The fourth-order valence-corrected chi connectivity index (χ4v) is 6.38. The van der Waals surface area contributed by atoms with Crippen molar-refractivity contribution >= 4 is 44.1 Å². The van der Waals surface area contributed by atoms with E-state index in [1.807, 2.05) is 34.2 Å². The van der Waals surface area contributed by atoms with Crippen LogP contribution in [0.1, 0.15) is 6.42 Å². The molecule has 0 radical (unpaired) electrons. The molecule has 1 N–H and O–H groups in total. The molecule has 10 nitrogen and oxygen atoms in total. The molecule has 0 bridgehead atoms. The number of aromatic nitrogens is 4. The highest BCUT2D eigenvalue weighted by molar-refractivity contribution is 7.86. The fraction of sp³-hybridized carbons (Fsp3) is 0.318. The lowest BCUT2D eigenvalue weighted by Gasteiger charge is -2.32. The van der Waals surface area contributed by atoms with Crippen molar-refractivity contribution in [3.8, 4) is 28.4 Å². The Morgan fingerprint density at radius 2 is 2.09 bits per heavy atom. The minimum absolute atomic E-state index is 0.331. The number of rotatable bonds is 7. The number of thiazole rings is 1. The number of halogens is 1. The molecule has 1 aliphatic rings. The third-order valence-corrected chi connectivity index (χ3v) is 8.89. The minimum atomic E-state index is -3.41. The number of nitrogens with zero attached hydrogens (tertiary/aromatic N) is 6. The number of benzene rings is 1. The predicted molar refractivity (Wildman–Crippen MR) is 137 cm³/mol. The van der Waals surface area contributed by atoms with E-state index in [4.69, 9.17) is 26.3 Å². The molecule has 4 heterocycles. The summed E-state index contributed by atoms with van der Waals surface area (Å²) in [7, 11) is -0.228. The van der Waals surface area contributed by atoms with E-state index in [-0.39, 0.29) is 0 Å². The van der Waals surface area contributed by atoms with Gasteiger partial charge in [0.05, 0.1) is 23.5 Å². The summed E-state index contributed by atoms with van der Waals surface area (Å²) < 4.78 is 35.2. The number of hydrogen-bond donors (Lipinski definition) is 1. The Bertz CT molecular complexity index is 1470.